The fourth-order valence-electron chi connectivity index (χ4n) is 4.09. The summed E-state index contributed by atoms with van der Waals surface area (Å²) in [7, 11) is -4.56. The highest BCUT2D eigenvalue weighted by molar-refractivity contribution is 9.10. The van der Waals surface area contributed by atoms with Crippen molar-refractivity contribution < 1.29 is 31.7 Å². The Morgan fingerprint density at radius 2 is 1.68 bits per heavy atom. The third kappa shape index (κ3) is 6.74. The summed E-state index contributed by atoms with van der Waals surface area (Å²) in [4.78, 5) is 24.7. The van der Waals surface area contributed by atoms with Gasteiger partial charge in [-0.2, -0.15) is 8.42 Å². The van der Waals surface area contributed by atoms with Gasteiger partial charge in [0.15, 0.2) is 5.75 Å². The lowest BCUT2D eigenvalue weighted by Gasteiger charge is -2.26. The van der Waals surface area contributed by atoms with Crippen LogP contribution in [0.2, 0.25) is 10.0 Å². The van der Waals surface area contributed by atoms with Gasteiger partial charge in [-0.15, -0.1) is 0 Å². The monoisotopic (exact) mass is 683 g/mol. The van der Waals surface area contributed by atoms with Gasteiger partial charge < -0.3 is 10.1 Å². The Morgan fingerprint density at radius 3 is 2.29 bits per heavy atom. The van der Waals surface area contributed by atoms with E-state index in [0.717, 1.165) is 10.4 Å². The first-order valence-electron chi connectivity index (χ1n) is 11.8. The summed E-state index contributed by atoms with van der Waals surface area (Å²) in [5, 5.41) is 5.40. The summed E-state index contributed by atoms with van der Waals surface area (Å²) >= 11 is 15.7. The molecule has 0 unspecified atom stereocenters. The van der Waals surface area contributed by atoms with Crippen molar-refractivity contribution in [1.29, 1.82) is 0 Å². The summed E-state index contributed by atoms with van der Waals surface area (Å²) in [5.41, 5.74) is -0.0360. The Bertz CT molecular complexity index is 1750. The van der Waals surface area contributed by atoms with Crippen LogP contribution in [0.15, 0.2) is 71.2 Å². The largest absolute Gasteiger partial charge is 0.454 e. The quantitative estimate of drug-likeness (QED) is 0.171. The Morgan fingerprint density at radius 1 is 1.00 bits per heavy atom. The molecular formula is C27H21BrCl2FN3O6S. The maximum Gasteiger partial charge on any atom is 0.360 e. The second-order valence-electron chi connectivity index (χ2n) is 8.87. The highest BCUT2D eigenvalue weighted by Crippen LogP contribution is 2.43. The third-order valence-electron chi connectivity index (χ3n) is 5.70. The van der Waals surface area contributed by atoms with Gasteiger partial charge >= 0.3 is 16.3 Å². The molecule has 41 heavy (non-hydrogen) atoms. The molecule has 0 bridgehead atoms. The molecule has 3 N–H and O–H groups in total. The number of carbonyl (C=O) groups excluding carboxylic acids is 2. The van der Waals surface area contributed by atoms with Gasteiger partial charge in [-0.05, 0) is 66.2 Å². The van der Waals surface area contributed by atoms with Crippen molar-refractivity contribution in [2.75, 3.05) is 9.62 Å². The highest BCUT2D eigenvalue weighted by Gasteiger charge is 2.26. The van der Waals surface area contributed by atoms with Crippen LogP contribution < -0.4 is 19.7 Å². The molecule has 14 heteroatoms. The lowest BCUT2D eigenvalue weighted by molar-refractivity contribution is 0.0963. The molecule has 9 nitrogen and oxygen atoms in total. The smallest absolute Gasteiger partial charge is 0.360 e. The van der Waals surface area contributed by atoms with Crippen molar-refractivity contribution in [2.45, 2.75) is 19.9 Å². The number of imide groups is 1. The Labute approximate surface area is 253 Å². The number of nitrogens with zero attached hydrogens (tertiary/aromatic N) is 1. The van der Waals surface area contributed by atoms with E-state index in [1.807, 2.05) is 5.32 Å². The third-order valence-corrected chi connectivity index (χ3v) is 8.00. The Balaban J connectivity index is 1.59. The van der Waals surface area contributed by atoms with Gasteiger partial charge in [0.05, 0.1) is 25.8 Å². The number of benzene rings is 4. The summed E-state index contributed by atoms with van der Waals surface area (Å²) in [6.07, 6.45) is 0. The molecule has 214 valence electrons. The second kappa shape index (κ2) is 12.2. The van der Waals surface area contributed by atoms with E-state index in [9.17, 15) is 27.0 Å². The summed E-state index contributed by atoms with van der Waals surface area (Å²) < 4.78 is 55.4. The number of carbonyl (C=O) groups is 2. The molecule has 0 atom stereocenters. The van der Waals surface area contributed by atoms with Crippen molar-refractivity contribution in [1.82, 2.24) is 5.32 Å². The van der Waals surface area contributed by atoms with Gasteiger partial charge in [0.2, 0.25) is 0 Å². The van der Waals surface area contributed by atoms with Crippen LogP contribution in [0.1, 0.15) is 24.2 Å². The Hall–Kier alpha value is -3.42. The molecule has 0 heterocycles. The minimum atomic E-state index is -4.56. The molecular weight excluding hydrogens is 664 g/mol. The highest BCUT2D eigenvalue weighted by atomic mass is 79.9. The maximum absolute atomic E-state index is 14.0. The SMILES string of the molecule is CC(C)N(c1ccc(Oc2c(Cl)cc(NC(=O)NC(=O)c3c(F)cccc3Cl)cc2Br)c2ccccc12)S(=O)(=O)O. The first kappa shape index (κ1) is 30.5. The topological polar surface area (TPSA) is 125 Å². The van der Waals surface area contributed by atoms with Crippen LogP contribution in [0, 0.1) is 5.82 Å². The van der Waals surface area contributed by atoms with E-state index < -0.39 is 39.7 Å². The zero-order valence-corrected chi connectivity index (χ0v) is 25.2. The number of nitrogens with one attached hydrogen (secondary N) is 2. The van der Waals surface area contributed by atoms with Crippen LogP contribution in [-0.2, 0) is 10.3 Å². The molecule has 0 aliphatic rings. The normalized spacial score (nSPS) is 11.4. The number of rotatable bonds is 7. The molecule has 4 aromatic rings. The van der Waals surface area contributed by atoms with Crippen LogP contribution in [0.5, 0.6) is 11.5 Å². The zero-order valence-electron chi connectivity index (χ0n) is 21.3. The Kier molecular flexibility index (Phi) is 9.10. The number of hydrogen-bond acceptors (Lipinski definition) is 5. The van der Waals surface area contributed by atoms with Crippen LogP contribution in [0.25, 0.3) is 10.8 Å². The van der Waals surface area contributed by atoms with Gasteiger partial charge in [0.25, 0.3) is 5.91 Å². The predicted molar refractivity (Wildman–Crippen MR) is 160 cm³/mol. The zero-order chi connectivity index (χ0) is 30.1. The molecule has 0 fully saturated rings. The molecule has 4 aromatic carbocycles. The average Bonchev–Trinajstić information content (AvgIpc) is 2.86. The van der Waals surface area contributed by atoms with Gasteiger partial charge in [0.1, 0.15) is 11.6 Å². The summed E-state index contributed by atoms with van der Waals surface area (Å²) in [6.45, 7) is 3.26. The number of urea groups is 1. The minimum absolute atomic E-state index is 0.0769. The minimum Gasteiger partial charge on any atom is -0.454 e. The van der Waals surface area contributed by atoms with E-state index in [1.165, 1.54) is 30.3 Å². The van der Waals surface area contributed by atoms with E-state index in [2.05, 4.69) is 21.2 Å². The molecule has 0 saturated carbocycles. The van der Waals surface area contributed by atoms with Crippen LogP contribution >= 0.6 is 39.1 Å². The van der Waals surface area contributed by atoms with E-state index >= 15 is 0 Å². The van der Waals surface area contributed by atoms with Gasteiger partial charge in [-0.1, -0.05) is 53.5 Å². The van der Waals surface area contributed by atoms with Gasteiger partial charge in [-0.25, -0.2) is 13.5 Å². The molecule has 0 saturated heterocycles. The van der Waals surface area contributed by atoms with E-state index in [-0.39, 0.29) is 27.2 Å². The lowest BCUT2D eigenvalue weighted by Crippen LogP contribution is -2.36. The number of hydrogen-bond donors (Lipinski definition) is 3. The lowest BCUT2D eigenvalue weighted by atomic mass is 10.1. The van der Waals surface area contributed by atoms with Crippen LogP contribution in [-0.4, -0.2) is 31.0 Å². The number of fused-ring (bicyclic) bond motifs is 1. The first-order chi connectivity index (χ1) is 19.3. The molecule has 0 spiro atoms. The van der Waals surface area contributed by atoms with Gasteiger partial charge in [-0.3, -0.25) is 14.7 Å². The summed E-state index contributed by atoms with van der Waals surface area (Å²) in [5.74, 6) is -1.40. The van der Waals surface area contributed by atoms with Gasteiger partial charge in [0, 0.05) is 22.5 Å². The van der Waals surface area contributed by atoms with E-state index in [0.29, 0.717) is 21.0 Å². The molecule has 0 aliphatic heterocycles. The van der Waals surface area contributed by atoms with Crippen molar-refractivity contribution in [3.63, 3.8) is 0 Å². The van der Waals surface area contributed by atoms with Crippen LogP contribution in [0.4, 0.5) is 20.6 Å². The molecule has 0 aromatic heterocycles. The second-order valence-corrected chi connectivity index (χ2v) is 11.8. The van der Waals surface area contributed by atoms with E-state index in [1.54, 1.807) is 44.2 Å². The fourth-order valence-corrected chi connectivity index (χ4v) is 6.19. The van der Waals surface area contributed by atoms with Crippen molar-refractivity contribution in [3.8, 4) is 11.5 Å². The number of halogens is 4. The fraction of sp³-hybridized carbons (Fsp3) is 0.111. The van der Waals surface area contributed by atoms with Crippen molar-refractivity contribution in [3.05, 3.63) is 92.6 Å². The standard InChI is InChI=1S/C27H21BrCl2FN3O6S/c1-14(2)34(41(37,38)39)22-10-11-23(17-7-4-3-6-16(17)22)40-25-18(28)12-15(13-20(25)30)32-27(36)33-26(35)24-19(29)8-5-9-21(24)31/h3-14H,1-2H3,(H,37,38,39)(H2,32,33,35,36). The van der Waals surface area contributed by atoms with Crippen LogP contribution in [0.3, 0.4) is 0 Å². The molecule has 3 amide bonds. The number of anilines is 2. The predicted octanol–water partition coefficient (Wildman–Crippen LogP) is 7.82. The molecule has 4 rings (SSSR count). The number of ether oxygens (including phenoxy) is 1. The molecule has 0 aliphatic carbocycles. The van der Waals surface area contributed by atoms with Crippen molar-refractivity contribution in [2.24, 2.45) is 0 Å². The first-order valence-corrected chi connectivity index (χ1v) is 14.7. The van der Waals surface area contributed by atoms with Crippen molar-refractivity contribution >= 4 is 83.5 Å². The number of amides is 3. The summed E-state index contributed by atoms with van der Waals surface area (Å²) in [6, 6.07) is 14.9. The molecule has 0 radical (unpaired) electrons. The maximum atomic E-state index is 14.0. The van der Waals surface area contributed by atoms with E-state index in [4.69, 9.17) is 27.9 Å². The average molecular weight is 685 g/mol.